The molecule has 162 valence electrons. The van der Waals surface area contributed by atoms with Crippen LogP contribution in [0.15, 0.2) is 77.7 Å². The minimum atomic E-state index is -3.79. The van der Waals surface area contributed by atoms with Crippen LogP contribution in [0.1, 0.15) is 18.5 Å². The minimum Gasteiger partial charge on any atom is -0.482 e. The third-order valence-electron chi connectivity index (χ3n) is 4.33. The molecule has 3 rings (SSSR count). The Kier molecular flexibility index (Phi) is 7.93. The third-order valence-corrected chi connectivity index (χ3v) is 6.88. The lowest BCUT2D eigenvalue weighted by Crippen LogP contribution is -2.27. The average molecular weight is 571 g/mol. The van der Waals surface area contributed by atoms with E-state index >= 15 is 0 Å². The maximum Gasteiger partial charge on any atom is 0.262 e. The highest BCUT2D eigenvalue weighted by Crippen LogP contribution is 2.28. The molecule has 1 amide bonds. The normalized spacial score (nSPS) is 12.2. The summed E-state index contributed by atoms with van der Waals surface area (Å²) in [5.41, 5.74) is 1.50. The van der Waals surface area contributed by atoms with E-state index in [0.717, 1.165) is 9.13 Å². The van der Waals surface area contributed by atoms with Gasteiger partial charge in [-0.3, -0.25) is 4.79 Å². The van der Waals surface area contributed by atoms with Gasteiger partial charge in [-0.2, -0.15) is 0 Å². The number of carbonyl (C=O) groups excluding carboxylic acids is 1. The molecule has 0 radical (unpaired) electrons. The fourth-order valence-electron chi connectivity index (χ4n) is 2.75. The topological polar surface area (TPSA) is 84.5 Å². The predicted molar refractivity (Wildman–Crippen MR) is 130 cm³/mol. The summed E-state index contributed by atoms with van der Waals surface area (Å²) in [6.45, 7) is 1.50. The number of amides is 1. The Morgan fingerprint density at radius 3 is 2.39 bits per heavy atom. The molecular formula is C22H20ClIN2O4S. The van der Waals surface area contributed by atoms with E-state index in [1.54, 1.807) is 19.1 Å². The van der Waals surface area contributed by atoms with Crippen LogP contribution in [0.3, 0.4) is 0 Å². The van der Waals surface area contributed by atoms with Gasteiger partial charge in [0.15, 0.2) is 6.61 Å². The zero-order chi connectivity index (χ0) is 22.4. The monoisotopic (exact) mass is 570 g/mol. The molecule has 0 aromatic heterocycles. The van der Waals surface area contributed by atoms with Crippen LogP contribution in [0, 0.1) is 3.57 Å². The molecule has 9 heteroatoms. The number of sulfonamides is 1. The van der Waals surface area contributed by atoms with Crippen LogP contribution in [0.4, 0.5) is 5.69 Å². The molecule has 1 atom stereocenters. The number of rotatable bonds is 8. The molecule has 0 bridgehead atoms. The molecule has 0 fully saturated rings. The Bertz CT molecular complexity index is 1160. The lowest BCUT2D eigenvalue weighted by Gasteiger charge is -2.15. The van der Waals surface area contributed by atoms with Gasteiger partial charge in [0.1, 0.15) is 5.75 Å². The number of halogens is 2. The van der Waals surface area contributed by atoms with Gasteiger partial charge in [-0.25, -0.2) is 13.1 Å². The smallest absolute Gasteiger partial charge is 0.262 e. The van der Waals surface area contributed by atoms with Gasteiger partial charge in [-0.05, 0) is 77.5 Å². The number of benzene rings is 3. The van der Waals surface area contributed by atoms with Crippen molar-refractivity contribution in [3.63, 3.8) is 0 Å². The molecule has 0 unspecified atom stereocenters. The zero-order valence-corrected chi connectivity index (χ0v) is 20.2. The molecular weight excluding hydrogens is 551 g/mol. The predicted octanol–water partition coefficient (Wildman–Crippen LogP) is 5.00. The molecule has 0 aliphatic carbocycles. The second-order valence-electron chi connectivity index (χ2n) is 6.69. The van der Waals surface area contributed by atoms with E-state index in [9.17, 15) is 13.2 Å². The van der Waals surface area contributed by atoms with Crippen molar-refractivity contribution in [1.82, 2.24) is 4.72 Å². The molecule has 0 saturated heterocycles. The van der Waals surface area contributed by atoms with Crippen molar-refractivity contribution in [2.24, 2.45) is 0 Å². The van der Waals surface area contributed by atoms with E-state index in [1.165, 1.54) is 18.2 Å². The summed E-state index contributed by atoms with van der Waals surface area (Å²) in [7, 11) is -3.79. The minimum absolute atomic E-state index is 0.0102. The first-order valence-corrected chi connectivity index (χ1v) is 12.2. The molecule has 0 heterocycles. The van der Waals surface area contributed by atoms with Crippen molar-refractivity contribution in [2.45, 2.75) is 17.9 Å². The lowest BCUT2D eigenvalue weighted by molar-refractivity contribution is -0.118. The van der Waals surface area contributed by atoms with Crippen LogP contribution < -0.4 is 14.8 Å². The van der Waals surface area contributed by atoms with E-state index < -0.39 is 16.1 Å². The first-order chi connectivity index (χ1) is 14.7. The summed E-state index contributed by atoms with van der Waals surface area (Å²) in [5, 5.41) is 2.81. The summed E-state index contributed by atoms with van der Waals surface area (Å²) >= 11 is 8.38. The van der Waals surface area contributed by atoms with Crippen LogP contribution in [-0.2, 0) is 14.8 Å². The third kappa shape index (κ3) is 6.67. The molecule has 3 aromatic carbocycles. The number of anilines is 1. The van der Waals surface area contributed by atoms with Gasteiger partial charge in [0.2, 0.25) is 10.0 Å². The van der Waals surface area contributed by atoms with Gasteiger partial charge >= 0.3 is 0 Å². The number of nitrogens with one attached hydrogen (secondary N) is 2. The van der Waals surface area contributed by atoms with Gasteiger partial charge in [0.25, 0.3) is 5.91 Å². The lowest BCUT2D eigenvalue weighted by atomic mass is 10.1. The molecule has 0 aliphatic rings. The Morgan fingerprint density at radius 1 is 1.06 bits per heavy atom. The van der Waals surface area contributed by atoms with E-state index in [4.69, 9.17) is 16.3 Å². The second kappa shape index (κ2) is 10.4. The van der Waals surface area contributed by atoms with Crippen molar-refractivity contribution in [3.8, 4) is 5.75 Å². The fourth-order valence-corrected chi connectivity index (χ4v) is 4.67. The first kappa shape index (κ1) is 23.5. The van der Waals surface area contributed by atoms with Gasteiger partial charge in [0.05, 0.1) is 9.92 Å². The van der Waals surface area contributed by atoms with E-state index in [2.05, 4.69) is 32.6 Å². The second-order valence-corrected chi connectivity index (χ2v) is 10.1. The van der Waals surface area contributed by atoms with E-state index in [0.29, 0.717) is 5.69 Å². The van der Waals surface area contributed by atoms with Gasteiger partial charge in [-0.15, -0.1) is 0 Å². The Morgan fingerprint density at radius 2 is 1.74 bits per heavy atom. The molecule has 0 aliphatic heterocycles. The largest absolute Gasteiger partial charge is 0.482 e. The molecule has 31 heavy (non-hydrogen) atoms. The first-order valence-electron chi connectivity index (χ1n) is 9.29. The van der Waals surface area contributed by atoms with Crippen molar-refractivity contribution in [3.05, 3.63) is 87.0 Å². The molecule has 2 N–H and O–H groups in total. The van der Waals surface area contributed by atoms with Gasteiger partial charge in [-0.1, -0.05) is 41.9 Å². The maximum absolute atomic E-state index is 12.7. The summed E-state index contributed by atoms with van der Waals surface area (Å²) in [4.78, 5) is 12.1. The van der Waals surface area contributed by atoms with Crippen molar-refractivity contribution < 1.29 is 17.9 Å². The summed E-state index contributed by atoms with van der Waals surface area (Å²) in [6, 6.07) is 20.3. The number of ether oxygens (including phenoxy) is 1. The highest BCUT2D eigenvalue weighted by Gasteiger charge is 2.20. The fraction of sp³-hybridized carbons (Fsp3) is 0.136. The number of carbonyl (C=O) groups is 1. The highest BCUT2D eigenvalue weighted by atomic mass is 127. The van der Waals surface area contributed by atoms with Crippen LogP contribution >= 0.6 is 34.2 Å². The standard InChI is InChI=1S/C22H20ClIN2O4S/c1-15(16-5-3-2-4-6-16)26-31(28,29)19-11-12-21(20(23)13-19)30-14-22(27)25-18-9-7-17(24)8-10-18/h2-13,15,26H,14H2,1H3,(H,25,27)/t15-/m1/s1. The quantitative estimate of drug-likeness (QED) is 0.373. The van der Waals surface area contributed by atoms with E-state index in [1.807, 2.05) is 42.5 Å². The van der Waals surface area contributed by atoms with Crippen LogP contribution in [0.2, 0.25) is 5.02 Å². The van der Waals surface area contributed by atoms with Crippen molar-refractivity contribution in [1.29, 1.82) is 0 Å². The Labute approximate surface area is 200 Å². The Hall–Kier alpha value is -2.14. The van der Waals surface area contributed by atoms with Crippen LogP contribution in [0.25, 0.3) is 0 Å². The summed E-state index contributed by atoms with van der Waals surface area (Å²) < 4.78 is 34.5. The Balaban J connectivity index is 1.62. The summed E-state index contributed by atoms with van der Waals surface area (Å²) in [5.74, 6) is -0.137. The summed E-state index contributed by atoms with van der Waals surface area (Å²) in [6.07, 6.45) is 0. The molecule has 0 spiro atoms. The molecule has 0 saturated carbocycles. The van der Waals surface area contributed by atoms with Gasteiger partial charge < -0.3 is 10.1 Å². The SMILES string of the molecule is C[C@@H](NS(=O)(=O)c1ccc(OCC(=O)Nc2ccc(I)cc2)c(Cl)c1)c1ccccc1. The molecule has 3 aromatic rings. The van der Waals surface area contributed by atoms with Gasteiger partial charge in [0, 0.05) is 15.3 Å². The number of hydrogen-bond acceptors (Lipinski definition) is 4. The highest BCUT2D eigenvalue weighted by molar-refractivity contribution is 14.1. The zero-order valence-electron chi connectivity index (χ0n) is 16.5. The van der Waals surface area contributed by atoms with Crippen molar-refractivity contribution in [2.75, 3.05) is 11.9 Å². The number of hydrogen-bond donors (Lipinski definition) is 2. The van der Waals surface area contributed by atoms with Crippen molar-refractivity contribution >= 4 is 55.8 Å². The molecule has 6 nitrogen and oxygen atoms in total. The van der Waals surface area contributed by atoms with Crippen LogP contribution in [-0.4, -0.2) is 20.9 Å². The maximum atomic E-state index is 12.7. The van der Waals surface area contributed by atoms with Crippen LogP contribution in [0.5, 0.6) is 5.75 Å². The van der Waals surface area contributed by atoms with E-state index in [-0.39, 0.29) is 28.2 Å². The average Bonchev–Trinajstić information content (AvgIpc) is 2.75.